The van der Waals surface area contributed by atoms with Crippen LogP contribution in [0.3, 0.4) is 0 Å². The zero-order chi connectivity index (χ0) is 13.6. The lowest BCUT2D eigenvalue weighted by Crippen LogP contribution is -2.37. The molecule has 0 fully saturated rings. The molecule has 1 aromatic rings. The molecule has 0 saturated carbocycles. The third-order valence-electron chi connectivity index (χ3n) is 2.47. The quantitative estimate of drug-likeness (QED) is 0.760. The third-order valence-corrected chi connectivity index (χ3v) is 2.47. The predicted octanol–water partition coefficient (Wildman–Crippen LogP) is 1.19. The van der Waals surface area contributed by atoms with Crippen molar-refractivity contribution in [2.24, 2.45) is 11.1 Å². The highest BCUT2D eigenvalue weighted by atomic mass is 16.5. The molecule has 0 unspecified atom stereocenters. The van der Waals surface area contributed by atoms with E-state index in [2.05, 4.69) is 15.3 Å². The van der Waals surface area contributed by atoms with E-state index in [1.807, 2.05) is 6.92 Å². The van der Waals surface area contributed by atoms with E-state index in [1.165, 1.54) is 6.33 Å². The fourth-order valence-electron chi connectivity index (χ4n) is 1.12. The molecule has 0 aromatic carbocycles. The number of primary amides is 1. The molecule has 100 valence electrons. The van der Waals surface area contributed by atoms with E-state index in [0.717, 1.165) is 6.42 Å². The zero-order valence-corrected chi connectivity index (χ0v) is 11.1. The fraction of sp³-hybridized carbons (Fsp3) is 0.583. The summed E-state index contributed by atoms with van der Waals surface area (Å²) in [6.07, 6.45) is 2.34. The Bertz CT molecular complexity index is 407. The standard InChI is InChI=1S/C12H20N4O2/c1-4-5-18-10-6-9(15-8-16-10)14-7-12(2,3)11(13)17/h6,8H,4-5,7H2,1-3H3,(H2,13,17)(H,14,15,16). The average molecular weight is 252 g/mol. The Morgan fingerprint density at radius 1 is 1.50 bits per heavy atom. The van der Waals surface area contributed by atoms with Crippen LogP contribution in [0.2, 0.25) is 0 Å². The van der Waals surface area contributed by atoms with Gasteiger partial charge in [0.15, 0.2) is 0 Å². The maximum Gasteiger partial charge on any atom is 0.224 e. The first-order valence-electron chi connectivity index (χ1n) is 5.94. The maximum absolute atomic E-state index is 11.2. The molecular formula is C12H20N4O2. The summed E-state index contributed by atoms with van der Waals surface area (Å²) in [5.74, 6) is 0.781. The third kappa shape index (κ3) is 4.20. The summed E-state index contributed by atoms with van der Waals surface area (Å²) >= 11 is 0. The number of carbonyl (C=O) groups excluding carboxylic acids is 1. The number of ether oxygens (including phenoxy) is 1. The van der Waals surface area contributed by atoms with E-state index >= 15 is 0 Å². The number of nitrogens with one attached hydrogen (secondary N) is 1. The van der Waals surface area contributed by atoms with Gasteiger partial charge in [0, 0.05) is 12.6 Å². The van der Waals surface area contributed by atoms with Gasteiger partial charge in [-0.2, -0.15) is 0 Å². The lowest BCUT2D eigenvalue weighted by atomic mass is 9.93. The van der Waals surface area contributed by atoms with Crippen molar-refractivity contribution in [3.63, 3.8) is 0 Å². The highest BCUT2D eigenvalue weighted by molar-refractivity contribution is 5.80. The van der Waals surface area contributed by atoms with Crippen LogP contribution in [-0.2, 0) is 4.79 Å². The number of carbonyl (C=O) groups is 1. The SMILES string of the molecule is CCCOc1cc(NCC(C)(C)C(N)=O)ncn1. The smallest absolute Gasteiger partial charge is 0.224 e. The van der Waals surface area contributed by atoms with Crippen molar-refractivity contribution in [2.45, 2.75) is 27.2 Å². The molecule has 18 heavy (non-hydrogen) atoms. The molecule has 0 atom stereocenters. The van der Waals surface area contributed by atoms with E-state index in [4.69, 9.17) is 10.5 Å². The van der Waals surface area contributed by atoms with Gasteiger partial charge in [-0.25, -0.2) is 9.97 Å². The molecule has 0 saturated heterocycles. The summed E-state index contributed by atoms with van der Waals surface area (Å²) in [4.78, 5) is 19.2. The summed E-state index contributed by atoms with van der Waals surface area (Å²) in [6.45, 7) is 6.60. The minimum Gasteiger partial charge on any atom is -0.478 e. The largest absolute Gasteiger partial charge is 0.478 e. The lowest BCUT2D eigenvalue weighted by molar-refractivity contribution is -0.125. The minimum absolute atomic E-state index is 0.355. The number of anilines is 1. The first kappa shape index (κ1) is 14.2. The molecule has 1 amide bonds. The Morgan fingerprint density at radius 3 is 2.83 bits per heavy atom. The van der Waals surface area contributed by atoms with Crippen molar-refractivity contribution in [3.05, 3.63) is 12.4 Å². The van der Waals surface area contributed by atoms with Crippen LogP contribution >= 0.6 is 0 Å². The normalized spacial score (nSPS) is 11.1. The first-order valence-corrected chi connectivity index (χ1v) is 5.94. The van der Waals surface area contributed by atoms with Gasteiger partial charge >= 0.3 is 0 Å². The van der Waals surface area contributed by atoms with Crippen molar-refractivity contribution < 1.29 is 9.53 Å². The fourth-order valence-corrected chi connectivity index (χ4v) is 1.12. The number of amides is 1. The van der Waals surface area contributed by atoms with Gasteiger partial charge in [-0.05, 0) is 20.3 Å². The van der Waals surface area contributed by atoms with Crippen molar-refractivity contribution in [1.82, 2.24) is 9.97 Å². The summed E-state index contributed by atoms with van der Waals surface area (Å²) in [7, 11) is 0. The molecule has 0 radical (unpaired) electrons. The summed E-state index contributed by atoms with van der Waals surface area (Å²) in [6, 6.07) is 1.70. The topological polar surface area (TPSA) is 90.1 Å². The van der Waals surface area contributed by atoms with Crippen molar-refractivity contribution in [2.75, 3.05) is 18.5 Å². The van der Waals surface area contributed by atoms with Gasteiger partial charge in [0.25, 0.3) is 0 Å². The zero-order valence-electron chi connectivity index (χ0n) is 11.1. The highest BCUT2D eigenvalue weighted by Crippen LogP contribution is 2.17. The minimum atomic E-state index is -0.630. The number of rotatable bonds is 7. The predicted molar refractivity (Wildman–Crippen MR) is 69.3 cm³/mol. The average Bonchev–Trinajstić information content (AvgIpc) is 2.34. The van der Waals surface area contributed by atoms with Gasteiger partial charge in [0.05, 0.1) is 12.0 Å². The second-order valence-electron chi connectivity index (χ2n) is 4.69. The summed E-state index contributed by atoms with van der Waals surface area (Å²) in [5.41, 5.74) is 4.66. The van der Waals surface area contributed by atoms with Gasteiger partial charge in [0.2, 0.25) is 11.8 Å². The summed E-state index contributed by atoms with van der Waals surface area (Å²) in [5, 5.41) is 3.05. The molecule has 1 heterocycles. The maximum atomic E-state index is 11.2. The van der Waals surface area contributed by atoms with Crippen LogP contribution < -0.4 is 15.8 Å². The Balaban J connectivity index is 2.60. The van der Waals surface area contributed by atoms with Crippen LogP contribution in [0.25, 0.3) is 0 Å². The molecule has 3 N–H and O–H groups in total. The van der Waals surface area contributed by atoms with Crippen LogP contribution in [0.15, 0.2) is 12.4 Å². The van der Waals surface area contributed by atoms with E-state index in [0.29, 0.717) is 24.8 Å². The van der Waals surface area contributed by atoms with Gasteiger partial charge in [-0.3, -0.25) is 4.79 Å². The van der Waals surface area contributed by atoms with E-state index in [-0.39, 0.29) is 5.91 Å². The molecular weight excluding hydrogens is 232 g/mol. The number of hydrogen-bond acceptors (Lipinski definition) is 5. The Labute approximate surface area is 107 Å². The highest BCUT2D eigenvalue weighted by Gasteiger charge is 2.24. The van der Waals surface area contributed by atoms with Gasteiger partial charge in [-0.1, -0.05) is 6.92 Å². The molecule has 6 nitrogen and oxygen atoms in total. The molecule has 6 heteroatoms. The van der Waals surface area contributed by atoms with Gasteiger partial charge in [-0.15, -0.1) is 0 Å². The second kappa shape index (κ2) is 6.18. The summed E-state index contributed by atoms with van der Waals surface area (Å²) < 4.78 is 5.39. The monoisotopic (exact) mass is 252 g/mol. The first-order chi connectivity index (χ1) is 8.45. The molecule has 0 bridgehead atoms. The molecule has 0 aliphatic rings. The van der Waals surface area contributed by atoms with E-state index in [9.17, 15) is 4.79 Å². The Hall–Kier alpha value is -1.85. The van der Waals surface area contributed by atoms with Crippen LogP contribution in [0.1, 0.15) is 27.2 Å². The van der Waals surface area contributed by atoms with E-state index < -0.39 is 5.41 Å². The molecule has 0 aliphatic carbocycles. The van der Waals surface area contributed by atoms with E-state index in [1.54, 1.807) is 19.9 Å². The van der Waals surface area contributed by atoms with Crippen molar-refractivity contribution in [3.8, 4) is 5.88 Å². The van der Waals surface area contributed by atoms with Gasteiger partial charge < -0.3 is 15.8 Å². The van der Waals surface area contributed by atoms with Crippen LogP contribution in [0, 0.1) is 5.41 Å². The Morgan fingerprint density at radius 2 is 2.22 bits per heavy atom. The number of nitrogens with zero attached hydrogens (tertiary/aromatic N) is 2. The Kier molecular flexibility index (Phi) is 4.88. The van der Waals surface area contributed by atoms with Gasteiger partial charge in [0.1, 0.15) is 12.1 Å². The van der Waals surface area contributed by atoms with Crippen LogP contribution in [0.4, 0.5) is 5.82 Å². The number of nitrogens with two attached hydrogens (primary N) is 1. The lowest BCUT2D eigenvalue weighted by Gasteiger charge is -2.21. The molecule has 0 spiro atoms. The second-order valence-corrected chi connectivity index (χ2v) is 4.69. The van der Waals surface area contributed by atoms with Crippen LogP contribution in [-0.4, -0.2) is 29.0 Å². The number of hydrogen-bond donors (Lipinski definition) is 2. The molecule has 0 aliphatic heterocycles. The number of aromatic nitrogens is 2. The van der Waals surface area contributed by atoms with Crippen molar-refractivity contribution >= 4 is 11.7 Å². The molecule has 1 rings (SSSR count). The van der Waals surface area contributed by atoms with Crippen LogP contribution in [0.5, 0.6) is 5.88 Å². The molecule has 1 aromatic heterocycles. The van der Waals surface area contributed by atoms with Crippen molar-refractivity contribution in [1.29, 1.82) is 0 Å².